The third kappa shape index (κ3) is 3.35. The van der Waals surface area contributed by atoms with Gasteiger partial charge in [-0.1, -0.05) is 72.4 Å². The summed E-state index contributed by atoms with van der Waals surface area (Å²) in [4.78, 5) is 18.5. The van der Waals surface area contributed by atoms with E-state index in [4.69, 9.17) is 4.99 Å². The SMILES string of the molecule is O=C(N[C@@H]1Sc2ccccc2N=C1c1ccccc1)c1ccccc1. The summed E-state index contributed by atoms with van der Waals surface area (Å²) in [5, 5.41) is 2.89. The minimum absolute atomic E-state index is 0.0962. The van der Waals surface area contributed by atoms with Crippen LogP contribution in [0, 0.1) is 0 Å². The summed E-state index contributed by atoms with van der Waals surface area (Å²) < 4.78 is 0. The fourth-order valence-corrected chi connectivity index (χ4v) is 3.85. The van der Waals surface area contributed by atoms with E-state index in [9.17, 15) is 4.79 Å². The van der Waals surface area contributed by atoms with E-state index in [0.717, 1.165) is 21.9 Å². The standard InChI is InChI=1S/C21H16N2OS/c24-20(16-11-5-2-6-12-16)23-21-19(15-9-3-1-4-10-15)22-17-13-7-8-14-18(17)25-21/h1-14,21H,(H,23,24)/t21-/m1/s1. The monoisotopic (exact) mass is 344 g/mol. The number of benzene rings is 3. The lowest BCUT2D eigenvalue weighted by Crippen LogP contribution is -2.39. The second kappa shape index (κ2) is 6.95. The van der Waals surface area contributed by atoms with Crippen LogP contribution in [-0.2, 0) is 0 Å². The molecule has 1 aliphatic heterocycles. The van der Waals surface area contributed by atoms with Crippen molar-refractivity contribution < 1.29 is 4.79 Å². The Kier molecular flexibility index (Phi) is 4.36. The first-order valence-corrected chi connectivity index (χ1v) is 8.95. The molecule has 3 aromatic rings. The molecule has 4 rings (SSSR count). The van der Waals surface area contributed by atoms with E-state index in [1.54, 1.807) is 11.8 Å². The number of aliphatic imine (C=N–C) groups is 1. The molecule has 0 spiro atoms. The van der Waals surface area contributed by atoms with Gasteiger partial charge in [0.2, 0.25) is 0 Å². The number of hydrogen-bond acceptors (Lipinski definition) is 3. The van der Waals surface area contributed by atoms with Gasteiger partial charge in [0, 0.05) is 10.5 Å². The largest absolute Gasteiger partial charge is 0.334 e. The molecule has 0 fully saturated rings. The van der Waals surface area contributed by atoms with Crippen molar-refractivity contribution in [1.82, 2.24) is 5.32 Å². The molecule has 3 nitrogen and oxygen atoms in total. The molecule has 3 aromatic carbocycles. The van der Waals surface area contributed by atoms with Crippen LogP contribution in [0.2, 0.25) is 0 Å². The van der Waals surface area contributed by atoms with Crippen LogP contribution in [0.3, 0.4) is 0 Å². The highest BCUT2D eigenvalue weighted by Gasteiger charge is 2.26. The van der Waals surface area contributed by atoms with E-state index in [1.165, 1.54) is 0 Å². The van der Waals surface area contributed by atoms with Crippen LogP contribution < -0.4 is 5.32 Å². The highest BCUT2D eigenvalue weighted by Crippen LogP contribution is 2.38. The minimum Gasteiger partial charge on any atom is -0.334 e. The third-order valence-electron chi connectivity index (χ3n) is 3.97. The Labute approximate surface area is 150 Å². The van der Waals surface area contributed by atoms with Gasteiger partial charge in [0.1, 0.15) is 5.37 Å². The fourth-order valence-electron chi connectivity index (χ4n) is 2.73. The average Bonchev–Trinajstić information content (AvgIpc) is 2.69. The molecule has 0 bridgehead atoms. The van der Waals surface area contributed by atoms with Crippen molar-refractivity contribution in [3.8, 4) is 0 Å². The van der Waals surface area contributed by atoms with Crippen LogP contribution >= 0.6 is 11.8 Å². The summed E-state index contributed by atoms with van der Waals surface area (Å²) in [7, 11) is 0. The molecule has 0 aliphatic carbocycles. The molecular formula is C21H16N2OS. The Hall–Kier alpha value is -2.85. The molecule has 1 N–H and O–H groups in total. The van der Waals surface area contributed by atoms with Gasteiger partial charge in [-0.25, -0.2) is 4.99 Å². The van der Waals surface area contributed by atoms with E-state index < -0.39 is 0 Å². The summed E-state index contributed by atoms with van der Waals surface area (Å²) in [6.07, 6.45) is 0. The van der Waals surface area contributed by atoms with Gasteiger partial charge < -0.3 is 5.32 Å². The summed E-state index contributed by atoms with van der Waals surface area (Å²) >= 11 is 1.62. The van der Waals surface area contributed by atoms with E-state index in [-0.39, 0.29) is 11.3 Å². The number of hydrogen-bond donors (Lipinski definition) is 1. The molecule has 1 atom stereocenters. The van der Waals surface area contributed by atoms with Crippen LogP contribution in [0.5, 0.6) is 0 Å². The molecule has 122 valence electrons. The fraction of sp³-hybridized carbons (Fsp3) is 0.0476. The first-order valence-electron chi connectivity index (χ1n) is 8.07. The number of carbonyl (C=O) groups excluding carboxylic acids is 1. The maximum absolute atomic E-state index is 12.6. The zero-order valence-corrected chi connectivity index (χ0v) is 14.2. The van der Waals surface area contributed by atoms with Gasteiger partial charge in [0.25, 0.3) is 5.91 Å². The van der Waals surface area contributed by atoms with Gasteiger partial charge in [-0.05, 0) is 29.8 Å². The van der Waals surface area contributed by atoms with Crippen molar-refractivity contribution in [2.24, 2.45) is 4.99 Å². The van der Waals surface area contributed by atoms with Crippen LogP contribution in [-0.4, -0.2) is 17.0 Å². The second-order valence-electron chi connectivity index (χ2n) is 5.67. The van der Waals surface area contributed by atoms with E-state index in [2.05, 4.69) is 5.32 Å². The van der Waals surface area contributed by atoms with Crippen LogP contribution in [0.4, 0.5) is 5.69 Å². The van der Waals surface area contributed by atoms with Crippen molar-refractivity contribution in [3.63, 3.8) is 0 Å². The Morgan fingerprint density at radius 3 is 2.24 bits per heavy atom. The highest BCUT2D eigenvalue weighted by molar-refractivity contribution is 8.00. The zero-order valence-electron chi connectivity index (χ0n) is 13.4. The number of carbonyl (C=O) groups is 1. The van der Waals surface area contributed by atoms with Gasteiger partial charge in [0.05, 0.1) is 11.4 Å². The number of amides is 1. The summed E-state index contributed by atoms with van der Waals surface area (Å²) in [6, 6.07) is 27.3. The molecule has 0 saturated heterocycles. The predicted octanol–water partition coefficient (Wildman–Crippen LogP) is 4.67. The first-order chi connectivity index (χ1) is 12.3. The van der Waals surface area contributed by atoms with Crippen LogP contribution in [0.1, 0.15) is 15.9 Å². The lowest BCUT2D eigenvalue weighted by molar-refractivity contribution is 0.0956. The van der Waals surface area contributed by atoms with E-state index in [1.807, 2.05) is 84.9 Å². The molecule has 1 aliphatic rings. The van der Waals surface area contributed by atoms with Crippen LogP contribution in [0.15, 0.2) is 94.8 Å². The van der Waals surface area contributed by atoms with Gasteiger partial charge in [-0.2, -0.15) is 0 Å². The number of nitrogens with zero attached hydrogens (tertiary/aromatic N) is 1. The van der Waals surface area contributed by atoms with Crippen molar-refractivity contribution in [2.45, 2.75) is 10.3 Å². The molecule has 4 heteroatoms. The Bertz CT molecular complexity index is 923. The van der Waals surface area contributed by atoms with Crippen molar-refractivity contribution in [2.75, 3.05) is 0 Å². The Balaban J connectivity index is 1.69. The molecule has 1 heterocycles. The maximum Gasteiger partial charge on any atom is 0.252 e. The number of para-hydroxylation sites is 1. The molecule has 0 saturated carbocycles. The van der Waals surface area contributed by atoms with E-state index >= 15 is 0 Å². The molecule has 1 amide bonds. The number of thioether (sulfide) groups is 1. The normalized spacial score (nSPS) is 15.8. The zero-order chi connectivity index (χ0) is 17.1. The summed E-state index contributed by atoms with van der Waals surface area (Å²) in [5.41, 5.74) is 3.47. The molecule has 0 aromatic heterocycles. The molecule has 0 radical (unpaired) electrons. The summed E-state index contributed by atoms with van der Waals surface area (Å²) in [5.74, 6) is -0.0962. The second-order valence-corrected chi connectivity index (χ2v) is 6.82. The third-order valence-corrected chi connectivity index (χ3v) is 5.14. The predicted molar refractivity (Wildman–Crippen MR) is 103 cm³/mol. The molecule has 25 heavy (non-hydrogen) atoms. The summed E-state index contributed by atoms with van der Waals surface area (Å²) in [6.45, 7) is 0. The van der Waals surface area contributed by atoms with Gasteiger partial charge in [-0.15, -0.1) is 0 Å². The van der Waals surface area contributed by atoms with Gasteiger partial charge >= 0.3 is 0 Å². The lowest BCUT2D eigenvalue weighted by Gasteiger charge is -2.25. The maximum atomic E-state index is 12.6. The van der Waals surface area contributed by atoms with Gasteiger partial charge in [0.15, 0.2) is 0 Å². The van der Waals surface area contributed by atoms with Gasteiger partial charge in [-0.3, -0.25) is 4.79 Å². The average molecular weight is 344 g/mol. The Morgan fingerprint density at radius 1 is 0.840 bits per heavy atom. The number of fused-ring (bicyclic) bond motifs is 1. The van der Waals surface area contributed by atoms with Crippen molar-refractivity contribution in [3.05, 3.63) is 96.1 Å². The number of nitrogens with one attached hydrogen (secondary N) is 1. The van der Waals surface area contributed by atoms with Crippen molar-refractivity contribution in [1.29, 1.82) is 0 Å². The topological polar surface area (TPSA) is 41.5 Å². The highest BCUT2D eigenvalue weighted by atomic mass is 32.2. The van der Waals surface area contributed by atoms with Crippen molar-refractivity contribution >= 4 is 29.1 Å². The van der Waals surface area contributed by atoms with Crippen LogP contribution in [0.25, 0.3) is 0 Å². The quantitative estimate of drug-likeness (QED) is 0.750. The van der Waals surface area contributed by atoms with E-state index in [0.29, 0.717) is 5.56 Å². The number of rotatable bonds is 3. The first kappa shape index (κ1) is 15.7. The molecule has 0 unspecified atom stereocenters. The molecular weight excluding hydrogens is 328 g/mol. The minimum atomic E-state index is -0.231. The smallest absolute Gasteiger partial charge is 0.252 e. The lowest BCUT2D eigenvalue weighted by atomic mass is 10.1. The Morgan fingerprint density at radius 2 is 1.48 bits per heavy atom.